The van der Waals surface area contributed by atoms with Crippen molar-refractivity contribution in [1.82, 2.24) is 5.32 Å². The van der Waals surface area contributed by atoms with E-state index < -0.39 is 6.04 Å². The zero-order chi connectivity index (χ0) is 20.5. The van der Waals surface area contributed by atoms with Crippen molar-refractivity contribution >= 4 is 17.5 Å². The smallest absolute Gasteiger partial charge is 0.221 e. The van der Waals surface area contributed by atoms with Crippen molar-refractivity contribution in [1.29, 1.82) is 5.26 Å². The molecule has 0 aliphatic carbocycles. The Balaban J connectivity index is 2.06. The Kier molecular flexibility index (Phi) is 7.75. The van der Waals surface area contributed by atoms with Crippen molar-refractivity contribution in [3.63, 3.8) is 0 Å². The number of halogens is 1. The van der Waals surface area contributed by atoms with E-state index in [1.54, 1.807) is 37.4 Å². The molecule has 2 aromatic rings. The Labute approximate surface area is 170 Å². The number of nitrogens with zero attached hydrogens (tertiary/aromatic N) is 1. The second kappa shape index (κ2) is 10.3. The molecular weight excluding hydrogens is 376 g/mol. The summed E-state index contributed by atoms with van der Waals surface area (Å²) < 4.78 is 10.8. The molecule has 2 rings (SSSR count). The molecule has 28 heavy (non-hydrogen) atoms. The highest BCUT2D eigenvalue weighted by Crippen LogP contribution is 2.32. The highest BCUT2D eigenvalue weighted by Gasteiger charge is 2.19. The lowest BCUT2D eigenvalue weighted by Crippen LogP contribution is -2.28. The van der Waals surface area contributed by atoms with Gasteiger partial charge in [-0.2, -0.15) is 5.26 Å². The third-order valence-electron chi connectivity index (χ3n) is 4.21. The van der Waals surface area contributed by atoms with E-state index in [1.807, 2.05) is 19.1 Å². The highest BCUT2D eigenvalue weighted by atomic mass is 35.5. The number of methoxy groups -OCH3 is 1. The molecule has 2 unspecified atom stereocenters. The van der Waals surface area contributed by atoms with E-state index in [0.29, 0.717) is 22.1 Å². The van der Waals surface area contributed by atoms with E-state index in [-0.39, 0.29) is 24.9 Å². The van der Waals surface area contributed by atoms with E-state index >= 15 is 0 Å². The van der Waals surface area contributed by atoms with Crippen molar-refractivity contribution in [3.05, 3.63) is 58.6 Å². The highest BCUT2D eigenvalue weighted by molar-refractivity contribution is 6.31. The van der Waals surface area contributed by atoms with Gasteiger partial charge in [0.25, 0.3) is 0 Å². The monoisotopic (exact) mass is 396 g/mol. The summed E-state index contributed by atoms with van der Waals surface area (Å²) in [6, 6.07) is 13.7. The molecule has 0 fully saturated rings. The second-order valence-electron chi connectivity index (χ2n) is 6.16. The molecule has 0 spiro atoms. The molecule has 0 radical (unpaired) electrons. The third kappa shape index (κ3) is 5.42. The van der Waals surface area contributed by atoms with Crippen molar-refractivity contribution < 1.29 is 14.3 Å². The second-order valence-corrected chi connectivity index (χ2v) is 6.57. The van der Waals surface area contributed by atoms with E-state index in [9.17, 15) is 10.1 Å². The summed E-state index contributed by atoms with van der Waals surface area (Å²) in [5.74, 6) is 3.16. The lowest BCUT2D eigenvalue weighted by Gasteiger charge is -2.17. The van der Waals surface area contributed by atoms with Crippen LogP contribution in [-0.4, -0.2) is 19.6 Å². The van der Waals surface area contributed by atoms with Crippen LogP contribution in [0.2, 0.25) is 5.02 Å². The van der Waals surface area contributed by atoms with Crippen molar-refractivity contribution in [2.75, 3.05) is 13.7 Å². The summed E-state index contributed by atoms with van der Waals surface area (Å²) in [6.07, 6.45) is 5.42. The Morgan fingerprint density at radius 2 is 2.04 bits per heavy atom. The maximum atomic E-state index is 12.5. The fourth-order valence-electron chi connectivity index (χ4n) is 2.73. The standard InChI is InChI=1S/C22H21ClN2O3/c1-4-11-28-20-10-9-16(13-21(20)27-3)15(2)12-22(26)25-19(14-24)17-7-5-6-8-18(17)23/h1,5-10,13,15,19H,11-12H2,2-3H3,(H,25,26). The Morgan fingerprint density at radius 1 is 1.29 bits per heavy atom. The SMILES string of the molecule is C#CCOc1ccc(C(C)CC(=O)NC(C#N)c2ccccc2Cl)cc1OC. The first-order chi connectivity index (χ1) is 13.5. The van der Waals surface area contributed by atoms with Crippen LogP contribution in [0.5, 0.6) is 11.5 Å². The van der Waals surface area contributed by atoms with Gasteiger partial charge in [0.1, 0.15) is 12.6 Å². The molecule has 0 saturated heterocycles. The van der Waals surface area contributed by atoms with E-state index in [1.165, 1.54) is 0 Å². The zero-order valence-corrected chi connectivity index (χ0v) is 16.5. The summed E-state index contributed by atoms with van der Waals surface area (Å²) in [5, 5.41) is 12.6. The number of nitriles is 1. The first-order valence-corrected chi connectivity index (χ1v) is 9.05. The summed E-state index contributed by atoms with van der Waals surface area (Å²) in [7, 11) is 1.54. The number of hydrogen-bond donors (Lipinski definition) is 1. The van der Waals surface area contributed by atoms with Crippen LogP contribution in [0.25, 0.3) is 0 Å². The first-order valence-electron chi connectivity index (χ1n) is 8.67. The van der Waals surface area contributed by atoms with Gasteiger partial charge in [0.15, 0.2) is 11.5 Å². The molecule has 6 heteroatoms. The summed E-state index contributed by atoms with van der Waals surface area (Å²) in [5.41, 5.74) is 1.48. The molecule has 5 nitrogen and oxygen atoms in total. The van der Waals surface area contributed by atoms with E-state index in [0.717, 1.165) is 5.56 Å². The average molecular weight is 397 g/mol. The van der Waals surface area contributed by atoms with Gasteiger partial charge in [0, 0.05) is 17.0 Å². The molecule has 0 aromatic heterocycles. The Hall–Kier alpha value is -3.15. The largest absolute Gasteiger partial charge is 0.493 e. The quantitative estimate of drug-likeness (QED) is 0.677. The van der Waals surface area contributed by atoms with Gasteiger partial charge in [-0.15, -0.1) is 6.42 Å². The van der Waals surface area contributed by atoms with Crippen LogP contribution in [-0.2, 0) is 4.79 Å². The number of rotatable bonds is 8. The van der Waals surface area contributed by atoms with E-state index in [2.05, 4.69) is 17.3 Å². The zero-order valence-electron chi connectivity index (χ0n) is 15.7. The predicted octanol–water partition coefficient (Wildman–Crippen LogP) is 4.24. The molecule has 144 valence electrons. The van der Waals surface area contributed by atoms with Crippen molar-refractivity contribution in [2.45, 2.75) is 25.3 Å². The lowest BCUT2D eigenvalue weighted by atomic mass is 9.96. The number of terminal acetylenes is 1. The van der Waals surface area contributed by atoms with Crippen LogP contribution in [0.15, 0.2) is 42.5 Å². The minimum Gasteiger partial charge on any atom is -0.493 e. The third-order valence-corrected chi connectivity index (χ3v) is 4.55. The molecule has 2 aromatic carbocycles. The van der Waals surface area contributed by atoms with Gasteiger partial charge in [-0.1, -0.05) is 48.7 Å². The van der Waals surface area contributed by atoms with E-state index in [4.69, 9.17) is 27.5 Å². The summed E-state index contributed by atoms with van der Waals surface area (Å²) >= 11 is 6.13. The number of carbonyl (C=O) groups excluding carboxylic acids is 1. The Morgan fingerprint density at radius 3 is 2.68 bits per heavy atom. The van der Waals surface area contributed by atoms with Gasteiger partial charge in [-0.05, 0) is 29.7 Å². The van der Waals surface area contributed by atoms with Crippen LogP contribution in [0.3, 0.4) is 0 Å². The molecule has 2 atom stereocenters. The van der Waals surface area contributed by atoms with Crippen LogP contribution < -0.4 is 14.8 Å². The van der Waals surface area contributed by atoms with Crippen LogP contribution in [0.1, 0.15) is 36.4 Å². The maximum Gasteiger partial charge on any atom is 0.221 e. The number of amides is 1. The molecule has 0 aliphatic heterocycles. The van der Waals surface area contributed by atoms with Crippen LogP contribution in [0, 0.1) is 23.7 Å². The molecule has 1 amide bonds. The average Bonchev–Trinajstić information content (AvgIpc) is 2.70. The fourth-order valence-corrected chi connectivity index (χ4v) is 2.98. The number of nitrogens with one attached hydrogen (secondary N) is 1. The lowest BCUT2D eigenvalue weighted by molar-refractivity contribution is -0.121. The molecule has 1 N–H and O–H groups in total. The molecular formula is C22H21ClN2O3. The van der Waals surface area contributed by atoms with Crippen molar-refractivity contribution in [3.8, 4) is 29.9 Å². The molecule has 0 heterocycles. The van der Waals surface area contributed by atoms with Gasteiger partial charge in [-0.25, -0.2) is 0 Å². The van der Waals surface area contributed by atoms with Gasteiger partial charge < -0.3 is 14.8 Å². The fraction of sp³-hybridized carbons (Fsp3) is 0.273. The van der Waals surface area contributed by atoms with Gasteiger partial charge in [0.05, 0.1) is 13.2 Å². The maximum absolute atomic E-state index is 12.5. The van der Waals surface area contributed by atoms with Crippen molar-refractivity contribution in [2.24, 2.45) is 0 Å². The van der Waals surface area contributed by atoms with Crippen LogP contribution >= 0.6 is 11.6 Å². The minimum atomic E-state index is -0.803. The van der Waals surface area contributed by atoms with Gasteiger partial charge >= 0.3 is 0 Å². The summed E-state index contributed by atoms with van der Waals surface area (Å²) in [4.78, 5) is 12.5. The number of benzene rings is 2. The molecule has 0 saturated carbocycles. The number of hydrogen-bond acceptors (Lipinski definition) is 4. The Bertz CT molecular complexity index is 915. The molecule has 0 aliphatic rings. The van der Waals surface area contributed by atoms with Gasteiger partial charge in [-0.3, -0.25) is 4.79 Å². The summed E-state index contributed by atoms with van der Waals surface area (Å²) in [6.45, 7) is 2.07. The number of carbonyl (C=O) groups is 1. The topological polar surface area (TPSA) is 71.3 Å². The number of ether oxygens (including phenoxy) is 2. The molecule has 0 bridgehead atoms. The predicted molar refractivity (Wildman–Crippen MR) is 108 cm³/mol. The van der Waals surface area contributed by atoms with Gasteiger partial charge in [0.2, 0.25) is 5.91 Å². The first kappa shape index (κ1) is 21.2. The minimum absolute atomic E-state index is 0.0961. The normalized spacial score (nSPS) is 12.2. The van der Waals surface area contributed by atoms with Crippen LogP contribution in [0.4, 0.5) is 0 Å².